The molecule has 22 heavy (non-hydrogen) atoms. The minimum absolute atomic E-state index is 0.275. The molecule has 0 aromatic heterocycles. The SMILES string of the molecule is C=CCCCCCCCCC(C)(C(=O)OCC)C(=O)OCC. The van der Waals surface area contributed by atoms with Crippen molar-refractivity contribution < 1.29 is 19.1 Å². The molecule has 128 valence electrons. The van der Waals surface area contributed by atoms with E-state index < -0.39 is 17.4 Å². The monoisotopic (exact) mass is 312 g/mol. The molecule has 0 rings (SSSR count). The van der Waals surface area contributed by atoms with Crippen molar-refractivity contribution in [1.82, 2.24) is 0 Å². The topological polar surface area (TPSA) is 52.6 Å². The van der Waals surface area contributed by atoms with E-state index in [9.17, 15) is 9.59 Å². The van der Waals surface area contributed by atoms with Crippen molar-refractivity contribution >= 4 is 11.9 Å². The van der Waals surface area contributed by atoms with Crippen LogP contribution in [-0.4, -0.2) is 25.2 Å². The molecule has 0 bridgehead atoms. The molecule has 0 aromatic rings. The predicted octanol–water partition coefficient (Wildman–Crippen LogP) is 4.43. The molecule has 0 radical (unpaired) electrons. The molecule has 0 heterocycles. The number of carbonyl (C=O) groups is 2. The van der Waals surface area contributed by atoms with E-state index in [4.69, 9.17) is 9.47 Å². The number of ether oxygens (including phenoxy) is 2. The number of esters is 2. The zero-order valence-electron chi connectivity index (χ0n) is 14.5. The van der Waals surface area contributed by atoms with Crippen LogP contribution in [0.2, 0.25) is 0 Å². The third-order valence-corrected chi connectivity index (χ3v) is 3.79. The molecule has 4 heteroatoms. The Morgan fingerprint density at radius 3 is 1.82 bits per heavy atom. The van der Waals surface area contributed by atoms with E-state index in [0.717, 1.165) is 25.7 Å². The van der Waals surface area contributed by atoms with Gasteiger partial charge in [0.05, 0.1) is 13.2 Å². The summed E-state index contributed by atoms with van der Waals surface area (Å²) < 4.78 is 10.1. The van der Waals surface area contributed by atoms with Gasteiger partial charge in [0.15, 0.2) is 5.41 Å². The van der Waals surface area contributed by atoms with Crippen LogP contribution in [0.1, 0.15) is 72.1 Å². The fourth-order valence-corrected chi connectivity index (χ4v) is 2.34. The summed E-state index contributed by atoms with van der Waals surface area (Å²) in [4.78, 5) is 24.2. The van der Waals surface area contributed by atoms with Crippen LogP contribution in [-0.2, 0) is 19.1 Å². The van der Waals surface area contributed by atoms with E-state index in [-0.39, 0.29) is 13.2 Å². The zero-order valence-corrected chi connectivity index (χ0v) is 14.5. The normalized spacial score (nSPS) is 11.0. The summed E-state index contributed by atoms with van der Waals surface area (Å²) in [6.07, 6.45) is 10.1. The second kappa shape index (κ2) is 12.2. The van der Waals surface area contributed by atoms with Gasteiger partial charge in [-0.1, -0.05) is 38.2 Å². The zero-order chi connectivity index (χ0) is 16.8. The van der Waals surface area contributed by atoms with Crippen molar-refractivity contribution in [2.45, 2.75) is 72.1 Å². The van der Waals surface area contributed by atoms with Gasteiger partial charge in [0.2, 0.25) is 0 Å². The van der Waals surface area contributed by atoms with Crippen molar-refractivity contribution in [3.63, 3.8) is 0 Å². The van der Waals surface area contributed by atoms with Gasteiger partial charge in [-0.2, -0.15) is 0 Å². The summed E-state index contributed by atoms with van der Waals surface area (Å²) >= 11 is 0. The lowest BCUT2D eigenvalue weighted by molar-refractivity contribution is -0.171. The fraction of sp³-hybridized carbons (Fsp3) is 0.778. The Hall–Kier alpha value is -1.32. The Bertz CT molecular complexity index is 318. The molecule has 0 fully saturated rings. The molecule has 0 aliphatic rings. The minimum atomic E-state index is -1.17. The van der Waals surface area contributed by atoms with E-state index in [1.807, 2.05) is 6.08 Å². The quantitative estimate of drug-likeness (QED) is 0.218. The summed E-state index contributed by atoms with van der Waals surface area (Å²) in [5.74, 6) is -0.945. The number of unbranched alkanes of at least 4 members (excludes halogenated alkanes) is 6. The smallest absolute Gasteiger partial charge is 0.323 e. The summed E-state index contributed by atoms with van der Waals surface area (Å²) in [6, 6.07) is 0. The molecular formula is C18H32O4. The van der Waals surface area contributed by atoms with E-state index in [0.29, 0.717) is 6.42 Å². The van der Waals surface area contributed by atoms with Crippen molar-refractivity contribution in [3.05, 3.63) is 12.7 Å². The number of rotatable bonds is 13. The number of allylic oxidation sites excluding steroid dienone is 1. The Labute approximate surface area is 135 Å². The Balaban J connectivity index is 4.22. The van der Waals surface area contributed by atoms with Gasteiger partial charge in [-0.25, -0.2) is 0 Å². The minimum Gasteiger partial charge on any atom is -0.465 e. The molecule has 0 saturated carbocycles. The lowest BCUT2D eigenvalue weighted by Gasteiger charge is -2.24. The maximum absolute atomic E-state index is 12.1. The van der Waals surface area contributed by atoms with Crippen LogP contribution in [0.5, 0.6) is 0 Å². The Morgan fingerprint density at radius 2 is 1.36 bits per heavy atom. The van der Waals surface area contributed by atoms with Gasteiger partial charge in [-0.05, 0) is 40.0 Å². The van der Waals surface area contributed by atoms with E-state index >= 15 is 0 Å². The summed E-state index contributed by atoms with van der Waals surface area (Å²) in [5, 5.41) is 0. The van der Waals surface area contributed by atoms with Gasteiger partial charge >= 0.3 is 11.9 Å². The first-order valence-corrected chi connectivity index (χ1v) is 8.48. The van der Waals surface area contributed by atoms with Crippen molar-refractivity contribution in [1.29, 1.82) is 0 Å². The number of hydrogen-bond donors (Lipinski definition) is 0. The van der Waals surface area contributed by atoms with Crippen LogP contribution in [0.3, 0.4) is 0 Å². The summed E-state index contributed by atoms with van der Waals surface area (Å²) in [6.45, 7) is 9.38. The molecule has 4 nitrogen and oxygen atoms in total. The predicted molar refractivity (Wildman–Crippen MR) is 88.5 cm³/mol. The third-order valence-electron chi connectivity index (χ3n) is 3.79. The van der Waals surface area contributed by atoms with Gasteiger partial charge in [0.1, 0.15) is 0 Å². The van der Waals surface area contributed by atoms with Crippen molar-refractivity contribution in [2.75, 3.05) is 13.2 Å². The van der Waals surface area contributed by atoms with Crippen LogP contribution in [0, 0.1) is 5.41 Å². The van der Waals surface area contributed by atoms with Gasteiger partial charge < -0.3 is 9.47 Å². The molecule has 0 aliphatic heterocycles. The summed E-state index contributed by atoms with van der Waals surface area (Å²) in [7, 11) is 0. The molecule has 0 aliphatic carbocycles. The van der Waals surface area contributed by atoms with Gasteiger partial charge in [-0.15, -0.1) is 6.58 Å². The average molecular weight is 312 g/mol. The largest absolute Gasteiger partial charge is 0.465 e. The van der Waals surface area contributed by atoms with Gasteiger partial charge in [-0.3, -0.25) is 9.59 Å². The highest BCUT2D eigenvalue weighted by atomic mass is 16.6. The molecular weight excluding hydrogens is 280 g/mol. The number of carbonyl (C=O) groups excluding carboxylic acids is 2. The highest BCUT2D eigenvalue weighted by Crippen LogP contribution is 2.28. The fourth-order valence-electron chi connectivity index (χ4n) is 2.34. The molecule has 0 spiro atoms. The Kier molecular flexibility index (Phi) is 11.5. The second-order valence-corrected chi connectivity index (χ2v) is 5.72. The van der Waals surface area contributed by atoms with Crippen LogP contribution in [0.4, 0.5) is 0 Å². The maximum Gasteiger partial charge on any atom is 0.323 e. The first kappa shape index (κ1) is 20.7. The third kappa shape index (κ3) is 7.62. The maximum atomic E-state index is 12.1. The first-order chi connectivity index (χ1) is 10.5. The van der Waals surface area contributed by atoms with Crippen LogP contribution in [0.25, 0.3) is 0 Å². The van der Waals surface area contributed by atoms with Gasteiger partial charge in [0, 0.05) is 0 Å². The first-order valence-electron chi connectivity index (χ1n) is 8.48. The average Bonchev–Trinajstić information content (AvgIpc) is 2.50. The second-order valence-electron chi connectivity index (χ2n) is 5.72. The molecule has 0 unspecified atom stereocenters. The van der Waals surface area contributed by atoms with Crippen molar-refractivity contribution in [2.24, 2.45) is 5.41 Å². The molecule has 0 atom stereocenters. The number of hydrogen-bond acceptors (Lipinski definition) is 4. The van der Waals surface area contributed by atoms with Crippen LogP contribution < -0.4 is 0 Å². The van der Waals surface area contributed by atoms with E-state index in [1.165, 1.54) is 19.3 Å². The van der Waals surface area contributed by atoms with Crippen LogP contribution >= 0.6 is 0 Å². The molecule has 0 aromatic carbocycles. The van der Waals surface area contributed by atoms with Crippen LogP contribution in [0.15, 0.2) is 12.7 Å². The Morgan fingerprint density at radius 1 is 0.909 bits per heavy atom. The highest BCUT2D eigenvalue weighted by Gasteiger charge is 2.43. The standard InChI is InChI=1S/C18H32O4/c1-5-8-9-10-11-12-13-14-15-18(4,16(19)21-6-2)17(20)22-7-3/h5H,1,6-15H2,2-4H3. The lowest BCUT2D eigenvalue weighted by atomic mass is 9.84. The summed E-state index contributed by atoms with van der Waals surface area (Å²) in [5.41, 5.74) is -1.17. The molecule has 0 saturated heterocycles. The van der Waals surface area contributed by atoms with Crippen molar-refractivity contribution in [3.8, 4) is 0 Å². The highest BCUT2D eigenvalue weighted by molar-refractivity contribution is 5.99. The van der Waals surface area contributed by atoms with Gasteiger partial charge in [0.25, 0.3) is 0 Å². The molecule has 0 amide bonds. The molecule has 0 N–H and O–H groups in total. The lowest BCUT2D eigenvalue weighted by Crippen LogP contribution is -2.39. The van der Waals surface area contributed by atoms with E-state index in [2.05, 4.69) is 6.58 Å². The van der Waals surface area contributed by atoms with E-state index in [1.54, 1.807) is 20.8 Å².